The van der Waals surface area contributed by atoms with Crippen LogP contribution < -0.4 is 0 Å². The standard InChI is InChI=1S/C34H24N6/c1-34(2)25-13-5-3-11-21(25)23-20-30-24(19-26(23)34)22-12-4-6-16-29(22)40(30)33-38-31(27-14-7-9-17-35-27)37-32(39-33)28-15-8-10-18-36-28/h3-20H,1-2H3. The summed E-state index contributed by atoms with van der Waals surface area (Å²) in [5.74, 6) is 1.54. The normalized spacial score (nSPS) is 13.4. The average molecular weight is 517 g/mol. The number of hydrogen-bond acceptors (Lipinski definition) is 5. The van der Waals surface area contributed by atoms with E-state index in [9.17, 15) is 0 Å². The zero-order chi connectivity index (χ0) is 26.8. The lowest BCUT2D eigenvalue weighted by Gasteiger charge is -2.21. The van der Waals surface area contributed by atoms with Crippen molar-refractivity contribution in [2.45, 2.75) is 19.3 Å². The summed E-state index contributed by atoms with van der Waals surface area (Å²) in [6, 6.07) is 33.3. The van der Waals surface area contributed by atoms with Gasteiger partial charge >= 0.3 is 0 Å². The molecule has 0 saturated heterocycles. The maximum Gasteiger partial charge on any atom is 0.238 e. The maximum absolute atomic E-state index is 4.99. The molecule has 6 nitrogen and oxygen atoms in total. The van der Waals surface area contributed by atoms with Crippen molar-refractivity contribution < 1.29 is 0 Å². The minimum absolute atomic E-state index is 0.0885. The molecule has 0 spiro atoms. The second kappa shape index (κ2) is 8.38. The Morgan fingerprint density at radius 2 is 1.20 bits per heavy atom. The molecular weight excluding hydrogens is 492 g/mol. The number of aromatic nitrogens is 6. The number of fused-ring (bicyclic) bond motifs is 6. The van der Waals surface area contributed by atoms with Crippen LogP contribution >= 0.6 is 0 Å². The van der Waals surface area contributed by atoms with E-state index in [4.69, 9.17) is 15.0 Å². The van der Waals surface area contributed by atoms with E-state index in [-0.39, 0.29) is 5.41 Å². The van der Waals surface area contributed by atoms with E-state index >= 15 is 0 Å². The van der Waals surface area contributed by atoms with Gasteiger partial charge in [-0.15, -0.1) is 0 Å². The first-order valence-corrected chi connectivity index (χ1v) is 13.4. The Hall–Kier alpha value is -5.23. The molecule has 0 radical (unpaired) electrons. The van der Waals surface area contributed by atoms with Crippen LogP contribution in [-0.2, 0) is 5.41 Å². The van der Waals surface area contributed by atoms with Gasteiger partial charge in [0.15, 0.2) is 11.6 Å². The van der Waals surface area contributed by atoms with Crippen LogP contribution in [0, 0.1) is 0 Å². The van der Waals surface area contributed by atoms with Crippen molar-refractivity contribution in [3.63, 3.8) is 0 Å². The number of para-hydroxylation sites is 1. The van der Waals surface area contributed by atoms with E-state index in [1.807, 2.05) is 36.4 Å². The molecule has 0 fully saturated rings. The van der Waals surface area contributed by atoms with Crippen LogP contribution in [0.2, 0.25) is 0 Å². The average Bonchev–Trinajstić information content (AvgIpc) is 3.45. The molecule has 4 heterocycles. The van der Waals surface area contributed by atoms with E-state index in [2.05, 4.69) is 89.0 Å². The van der Waals surface area contributed by atoms with Crippen molar-refractivity contribution in [3.05, 3.63) is 121 Å². The molecule has 0 unspecified atom stereocenters. The Kier molecular flexibility index (Phi) is 4.76. The smallest absolute Gasteiger partial charge is 0.238 e. The maximum atomic E-state index is 4.99. The van der Waals surface area contributed by atoms with Crippen LogP contribution in [0.4, 0.5) is 0 Å². The Labute approximate surface area is 231 Å². The van der Waals surface area contributed by atoms with E-state index in [0.29, 0.717) is 29.0 Å². The molecule has 4 aromatic heterocycles. The molecule has 0 N–H and O–H groups in total. The summed E-state index contributed by atoms with van der Waals surface area (Å²) >= 11 is 0. The molecule has 0 aliphatic heterocycles. The molecule has 0 saturated carbocycles. The molecule has 0 atom stereocenters. The molecular formula is C34H24N6. The van der Waals surface area contributed by atoms with Gasteiger partial charge in [0.1, 0.15) is 11.4 Å². The summed E-state index contributed by atoms with van der Waals surface area (Å²) in [7, 11) is 0. The quantitative estimate of drug-likeness (QED) is 0.245. The number of rotatable bonds is 3. The van der Waals surface area contributed by atoms with Crippen LogP contribution in [0.25, 0.3) is 61.9 Å². The first kappa shape index (κ1) is 22.7. The molecule has 1 aliphatic carbocycles. The predicted molar refractivity (Wildman–Crippen MR) is 158 cm³/mol. The van der Waals surface area contributed by atoms with Gasteiger partial charge in [-0.3, -0.25) is 14.5 Å². The van der Waals surface area contributed by atoms with Crippen LogP contribution in [0.5, 0.6) is 0 Å². The highest BCUT2D eigenvalue weighted by Gasteiger charge is 2.36. The monoisotopic (exact) mass is 516 g/mol. The number of hydrogen-bond donors (Lipinski definition) is 0. The first-order chi connectivity index (χ1) is 19.6. The van der Waals surface area contributed by atoms with Crippen LogP contribution in [0.1, 0.15) is 25.0 Å². The second-order valence-electron chi connectivity index (χ2n) is 10.7. The van der Waals surface area contributed by atoms with Gasteiger partial charge in [0.25, 0.3) is 0 Å². The Bertz CT molecular complexity index is 2020. The van der Waals surface area contributed by atoms with Crippen molar-refractivity contribution in [1.29, 1.82) is 0 Å². The number of pyridine rings is 2. The topological polar surface area (TPSA) is 69.4 Å². The van der Waals surface area contributed by atoms with Crippen LogP contribution in [0.3, 0.4) is 0 Å². The Morgan fingerprint density at radius 1 is 0.550 bits per heavy atom. The number of benzene rings is 3. The van der Waals surface area contributed by atoms with Gasteiger partial charge in [-0.1, -0.05) is 68.4 Å². The minimum atomic E-state index is -0.0885. The van der Waals surface area contributed by atoms with Gasteiger partial charge in [0.2, 0.25) is 5.95 Å². The molecule has 7 aromatic rings. The zero-order valence-corrected chi connectivity index (χ0v) is 22.1. The van der Waals surface area contributed by atoms with Crippen molar-refractivity contribution in [3.8, 4) is 40.1 Å². The Morgan fingerprint density at radius 3 is 1.90 bits per heavy atom. The fourth-order valence-corrected chi connectivity index (χ4v) is 6.06. The SMILES string of the molecule is CC1(C)c2ccccc2-c2cc3c(cc21)c1ccccc1n3-c1nc(-c2ccccn2)nc(-c2ccccn2)n1. The summed E-state index contributed by atoms with van der Waals surface area (Å²) < 4.78 is 2.15. The summed E-state index contributed by atoms with van der Waals surface area (Å²) in [4.78, 5) is 23.8. The molecule has 0 amide bonds. The third kappa shape index (κ3) is 3.26. The van der Waals surface area contributed by atoms with Gasteiger partial charge in [-0.05, 0) is 64.7 Å². The van der Waals surface area contributed by atoms with E-state index in [1.165, 1.54) is 27.6 Å². The van der Waals surface area contributed by atoms with Gasteiger partial charge < -0.3 is 0 Å². The summed E-state index contributed by atoms with van der Waals surface area (Å²) in [5, 5.41) is 2.33. The molecule has 1 aliphatic rings. The fraction of sp³-hybridized carbons (Fsp3) is 0.0882. The lowest BCUT2D eigenvalue weighted by Crippen LogP contribution is -2.14. The zero-order valence-electron chi connectivity index (χ0n) is 22.1. The van der Waals surface area contributed by atoms with Crippen molar-refractivity contribution in [2.24, 2.45) is 0 Å². The molecule has 6 heteroatoms. The molecule has 0 bridgehead atoms. The van der Waals surface area contributed by atoms with Crippen molar-refractivity contribution in [1.82, 2.24) is 29.5 Å². The highest BCUT2D eigenvalue weighted by Crippen LogP contribution is 2.50. The van der Waals surface area contributed by atoms with E-state index < -0.39 is 0 Å². The molecule has 8 rings (SSSR count). The number of nitrogens with zero attached hydrogens (tertiary/aromatic N) is 6. The summed E-state index contributed by atoms with van der Waals surface area (Å²) in [6.45, 7) is 4.62. The molecule has 3 aromatic carbocycles. The molecule has 40 heavy (non-hydrogen) atoms. The van der Waals surface area contributed by atoms with Crippen LogP contribution in [-0.4, -0.2) is 29.5 Å². The van der Waals surface area contributed by atoms with Gasteiger partial charge in [0.05, 0.1) is 11.0 Å². The van der Waals surface area contributed by atoms with Crippen molar-refractivity contribution >= 4 is 21.8 Å². The summed E-state index contributed by atoms with van der Waals surface area (Å²) in [6.07, 6.45) is 3.50. The highest BCUT2D eigenvalue weighted by molar-refractivity contribution is 6.11. The fourth-order valence-electron chi connectivity index (χ4n) is 6.06. The second-order valence-corrected chi connectivity index (χ2v) is 10.7. The minimum Gasteiger partial charge on any atom is -0.278 e. The van der Waals surface area contributed by atoms with E-state index in [1.54, 1.807) is 12.4 Å². The highest BCUT2D eigenvalue weighted by atomic mass is 15.2. The van der Waals surface area contributed by atoms with Gasteiger partial charge in [-0.25, -0.2) is 4.98 Å². The third-order valence-electron chi connectivity index (χ3n) is 7.99. The molecule has 190 valence electrons. The largest absolute Gasteiger partial charge is 0.278 e. The third-order valence-corrected chi connectivity index (χ3v) is 7.99. The van der Waals surface area contributed by atoms with Gasteiger partial charge in [-0.2, -0.15) is 9.97 Å². The predicted octanol–water partition coefficient (Wildman–Crippen LogP) is 7.40. The van der Waals surface area contributed by atoms with E-state index in [0.717, 1.165) is 16.4 Å². The van der Waals surface area contributed by atoms with Gasteiger partial charge in [0, 0.05) is 28.6 Å². The lowest BCUT2D eigenvalue weighted by atomic mass is 9.82. The summed E-state index contributed by atoms with van der Waals surface area (Å²) in [5.41, 5.74) is 8.58. The lowest BCUT2D eigenvalue weighted by molar-refractivity contribution is 0.661. The first-order valence-electron chi connectivity index (χ1n) is 13.4. The van der Waals surface area contributed by atoms with Crippen molar-refractivity contribution in [2.75, 3.05) is 0 Å². The Balaban J connectivity index is 1.47. The van der Waals surface area contributed by atoms with Crippen LogP contribution in [0.15, 0.2) is 109 Å².